The summed E-state index contributed by atoms with van der Waals surface area (Å²) in [5, 5.41) is 1.90. The van der Waals surface area contributed by atoms with Crippen LogP contribution in [0, 0.1) is 0 Å². The van der Waals surface area contributed by atoms with E-state index in [1.54, 1.807) is 6.08 Å². The molecule has 3 rings (SSSR count). The third-order valence-electron chi connectivity index (χ3n) is 3.96. The molecule has 0 unspecified atom stereocenters. The van der Waals surface area contributed by atoms with E-state index >= 15 is 0 Å². The standard InChI is InChI=1S/C20H20N2O3S/c1-13(2)15-5-6-16(21-12-15)9-10-25-17-7-3-14(4-8-17)11-18-19(23)22-20(24)26-18/h3-8,11-13H,9-10H2,1-2H3,(H,22,23,24)/b18-11-. The van der Waals surface area contributed by atoms with Gasteiger partial charge in [-0.15, -0.1) is 0 Å². The summed E-state index contributed by atoms with van der Waals surface area (Å²) in [5.41, 5.74) is 3.08. The minimum Gasteiger partial charge on any atom is -0.493 e. The molecule has 6 heteroatoms. The van der Waals surface area contributed by atoms with E-state index in [9.17, 15) is 9.59 Å². The van der Waals surface area contributed by atoms with Gasteiger partial charge in [0.15, 0.2) is 0 Å². The molecule has 2 heterocycles. The van der Waals surface area contributed by atoms with Gasteiger partial charge in [0.2, 0.25) is 0 Å². The first kappa shape index (κ1) is 18.2. The van der Waals surface area contributed by atoms with Crippen LogP contribution in [0.3, 0.4) is 0 Å². The Balaban J connectivity index is 1.52. The predicted molar refractivity (Wildman–Crippen MR) is 103 cm³/mol. The average molecular weight is 368 g/mol. The molecule has 1 saturated heterocycles. The molecular formula is C20H20N2O3S. The molecule has 0 spiro atoms. The van der Waals surface area contributed by atoms with Crippen molar-refractivity contribution in [2.24, 2.45) is 0 Å². The predicted octanol–water partition coefficient (Wildman–Crippen LogP) is 4.15. The van der Waals surface area contributed by atoms with Gasteiger partial charge in [0.1, 0.15) is 5.75 Å². The molecule has 1 aromatic heterocycles. The van der Waals surface area contributed by atoms with Gasteiger partial charge in [-0.05, 0) is 53.1 Å². The summed E-state index contributed by atoms with van der Waals surface area (Å²) in [7, 11) is 0. The highest BCUT2D eigenvalue weighted by Crippen LogP contribution is 2.26. The molecule has 1 fully saturated rings. The zero-order chi connectivity index (χ0) is 18.5. The van der Waals surface area contributed by atoms with E-state index in [-0.39, 0.29) is 11.1 Å². The quantitative estimate of drug-likeness (QED) is 0.776. The lowest BCUT2D eigenvalue weighted by molar-refractivity contribution is -0.115. The monoisotopic (exact) mass is 368 g/mol. The van der Waals surface area contributed by atoms with Crippen molar-refractivity contribution in [3.05, 3.63) is 64.3 Å². The molecule has 0 saturated carbocycles. The fourth-order valence-corrected chi connectivity index (χ4v) is 3.11. The lowest BCUT2D eigenvalue weighted by atomic mass is 10.1. The second-order valence-corrected chi connectivity index (χ2v) is 7.27. The van der Waals surface area contributed by atoms with Crippen molar-refractivity contribution >= 4 is 29.0 Å². The maximum Gasteiger partial charge on any atom is 0.290 e. The number of pyridine rings is 1. The largest absolute Gasteiger partial charge is 0.493 e. The molecule has 1 N–H and O–H groups in total. The zero-order valence-corrected chi connectivity index (χ0v) is 15.5. The van der Waals surface area contributed by atoms with E-state index in [1.165, 1.54) is 5.56 Å². The summed E-state index contributed by atoms with van der Waals surface area (Å²) in [4.78, 5) is 27.6. The molecule has 2 amide bonds. The van der Waals surface area contributed by atoms with Gasteiger partial charge < -0.3 is 4.74 Å². The SMILES string of the molecule is CC(C)c1ccc(CCOc2ccc(/C=C3\SC(=O)NC3=O)cc2)nc1. The highest BCUT2D eigenvalue weighted by atomic mass is 32.2. The van der Waals surface area contributed by atoms with Crippen molar-refractivity contribution < 1.29 is 14.3 Å². The van der Waals surface area contributed by atoms with E-state index in [4.69, 9.17) is 4.74 Å². The Labute approximate surface area is 156 Å². The topological polar surface area (TPSA) is 68.3 Å². The van der Waals surface area contributed by atoms with Crippen LogP contribution in [0.1, 0.15) is 36.6 Å². The minimum atomic E-state index is -0.351. The summed E-state index contributed by atoms with van der Waals surface area (Å²) in [6.45, 7) is 4.84. The first-order valence-electron chi connectivity index (χ1n) is 8.44. The highest BCUT2D eigenvalue weighted by molar-refractivity contribution is 8.18. The normalized spacial score (nSPS) is 15.6. The van der Waals surface area contributed by atoms with Crippen LogP contribution in [0.25, 0.3) is 6.08 Å². The molecule has 0 atom stereocenters. The number of nitrogens with one attached hydrogen (secondary N) is 1. The molecule has 26 heavy (non-hydrogen) atoms. The average Bonchev–Trinajstić information content (AvgIpc) is 2.94. The van der Waals surface area contributed by atoms with Crippen LogP contribution < -0.4 is 10.1 Å². The van der Waals surface area contributed by atoms with Crippen LogP contribution in [0.15, 0.2) is 47.5 Å². The number of aromatic nitrogens is 1. The Morgan fingerprint density at radius 3 is 2.50 bits per heavy atom. The van der Waals surface area contributed by atoms with Gasteiger partial charge in [-0.25, -0.2) is 0 Å². The Bertz CT molecular complexity index is 827. The maximum absolute atomic E-state index is 11.5. The maximum atomic E-state index is 11.5. The number of carbonyl (C=O) groups is 2. The van der Waals surface area contributed by atoms with Crippen LogP contribution in [0.5, 0.6) is 5.75 Å². The summed E-state index contributed by atoms with van der Waals surface area (Å²) in [6.07, 6.45) is 4.35. The molecule has 134 valence electrons. The van der Waals surface area contributed by atoms with Gasteiger partial charge in [-0.2, -0.15) is 0 Å². The summed E-state index contributed by atoms with van der Waals surface area (Å²) in [6, 6.07) is 11.6. The smallest absolute Gasteiger partial charge is 0.290 e. The molecule has 0 radical (unpaired) electrons. The number of thioether (sulfide) groups is 1. The van der Waals surface area contributed by atoms with Gasteiger partial charge in [-0.3, -0.25) is 19.9 Å². The van der Waals surface area contributed by atoms with Crippen LogP contribution >= 0.6 is 11.8 Å². The van der Waals surface area contributed by atoms with E-state index in [0.29, 0.717) is 17.4 Å². The Hall–Kier alpha value is -2.60. The zero-order valence-electron chi connectivity index (χ0n) is 14.7. The number of amides is 2. The van der Waals surface area contributed by atoms with Crippen LogP contribution in [0.2, 0.25) is 0 Å². The number of benzene rings is 1. The fraction of sp³-hybridized carbons (Fsp3) is 0.250. The van der Waals surface area contributed by atoms with Crippen molar-refractivity contribution in [3.63, 3.8) is 0 Å². The fourth-order valence-electron chi connectivity index (χ4n) is 2.43. The third-order valence-corrected chi connectivity index (χ3v) is 4.77. The Kier molecular flexibility index (Phi) is 5.73. The molecule has 1 aromatic carbocycles. The Morgan fingerprint density at radius 1 is 1.15 bits per heavy atom. The number of imide groups is 1. The van der Waals surface area contributed by atoms with Crippen LogP contribution in [-0.4, -0.2) is 22.7 Å². The highest BCUT2D eigenvalue weighted by Gasteiger charge is 2.24. The number of ether oxygens (including phenoxy) is 1. The lowest BCUT2D eigenvalue weighted by Crippen LogP contribution is -2.17. The lowest BCUT2D eigenvalue weighted by Gasteiger charge is -2.08. The van der Waals surface area contributed by atoms with Crippen molar-refractivity contribution in [2.75, 3.05) is 6.61 Å². The van der Waals surface area contributed by atoms with Crippen LogP contribution in [0.4, 0.5) is 4.79 Å². The summed E-state index contributed by atoms with van der Waals surface area (Å²) >= 11 is 0.910. The van der Waals surface area contributed by atoms with E-state index in [1.807, 2.05) is 36.5 Å². The minimum absolute atomic E-state index is 0.337. The molecule has 0 aliphatic carbocycles. The van der Waals surface area contributed by atoms with Gasteiger partial charge in [0.05, 0.1) is 11.5 Å². The number of nitrogens with zero attached hydrogens (tertiary/aromatic N) is 1. The summed E-state index contributed by atoms with van der Waals surface area (Å²) in [5.74, 6) is 0.884. The number of carbonyl (C=O) groups excluding carboxylic acids is 2. The van der Waals surface area contributed by atoms with Crippen molar-refractivity contribution in [2.45, 2.75) is 26.2 Å². The van der Waals surface area contributed by atoms with Gasteiger partial charge in [-0.1, -0.05) is 32.0 Å². The molecular weight excluding hydrogens is 348 g/mol. The second-order valence-electron chi connectivity index (χ2n) is 6.26. The van der Waals surface area contributed by atoms with Gasteiger partial charge in [0.25, 0.3) is 11.1 Å². The van der Waals surface area contributed by atoms with Crippen molar-refractivity contribution in [1.82, 2.24) is 10.3 Å². The van der Waals surface area contributed by atoms with Crippen molar-refractivity contribution in [3.8, 4) is 5.75 Å². The molecule has 1 aliphatic heterocycles. The molecule has 0 bridgehead atoms. The molecule has 2 aromatic rings. The second kappa shape index (κ2) is 8.19. The first-order chi connectivity index (χ1) is 12.5. The Morgan fingerprint density at radius 2 is 1.92 bits per heavy atom. The number of hydrogen-bond donors (Lipinski definition) is 1. The van der Waals surface area contributed by atoms with E-state index in [0.717, 1.165) is 35.2 Å². The molecule has 5 nitrogen and oxygen atoms in total. The first-order valence-corrected chi connectivity index (χ1v) is 9.25. The third kappa shape index (κ3) is 4.73. The number of rotatable bonds is 6. The van der Waals surface area contributed by atoms with Crippen molar-refractivity contribution in [1.29, 1.82) is 0 Å². The van der Waals surface area contributed by atoms with E-state index in [2.05, 4.69) is 30.2 Å². The van der Waals surface area contributed by atoms with Gasteiger partial charge >= 0.3 is 0 Å². The molecule has 1 aliphatic rings. The van der Waals surface area contributed by atoms with Crippen LogP contribution in [-0.2, 0) is 11.2 Å². The van der Waals surface area contributed by atoms with Gasteiger partial charge in [0, 0.05) is 18.3 Å². The number of hydrogen-bond acceptors (Lipinski definition) is 5. The summed E-state index contributed by atoms with van der Waals surface area (Å²) < 4.78 is 5.75. The van der Waals surface area contributed by atoms with E-state index < -0.39 is 0 Å².